The Morgan fingerprint density at radius 1 is 1.50 bits per heavy atom. The third-order valence-electron chi connectivity index (χ3n) is 1.14. The number of aryl methyl sites for hydroxylation is 2. The van der Waals surface area contributed by atoms with Crippen LogP contribution in [0.25, 0.3) is 0 Å². The number of hydrogen-bond donors (Lipinski definition) is 0. The summed E-state index contributed by atoms with van der Waals surface area (Å²) in [5.41, 5.74) is 1.13. The molecule has 0 atom stereocenters. The van der Waals surface area contributed by atoms with Crippen molar-refractivity contribution in [3.63, 3.8) is 0 Å². The SMILES string of the molecule is [CH2]c1oc(C)cc1C. The summed E-state index contributed by atoms with van der Waals surface area (Å²) in [5, 5.41) is 0. The molecule has 1 nitrogen and oxygen atoms in total. The van der Waals surface area contributed by atoms with E-state index in [1.165, 1.54) is 0 Å². The minimum absolute atomic E-state index is 0.780. The van der Waals surface area contributed by atoms with Crippen LogP contribution < -0.4 is 0 Å². The lowest BCUT2D eigenvalue weighted by Gasteiger charge is -1.80. The average molecular weight is 109 g/mol. The van der Waals surface area contributed by atoms with E-state index in [0.29, 0.717) is 0 Å². The van der Waals surface area contributed by atoms with Gasteiger partial charge in [0.2, 0.25) is 0 Å². The van der Waals surface area contributed by atoms with Crippen molar-refractivity contribution >= 4 is 0 Å². The maximum Gasteiger partial charge on any atom is 0.107 e. The molecule has 0 bridgehead atoms. The van der Waals surface area contributed by atoms with Gasteiger partial charge in [-0.2, -0.15) is 0 Å². The first-order valence-electron chi connectivity index (χ1n) is 2.59. The van der Waals surface area contributed by atoms with Crippen molar-refractivity contribution in [2.75, 3.05) is 0 Å². The highest BCUT2D eigenvalue weighted by molar-refractivity contribution is 5.20. The Hall–Kier alpha value is -0.720. The van der Waals surface area contributed by atoms with Gasteiger partial charge >= 0.3 is 0 Å². The molecule has 43 valence electrons. The highest BCUT2D eigenvalue weighted by Gasteiger charge is 1.95. The smallest absolute Gasteiger partial charge is 0.107 e. The Morgan fingerprint density at radius 2 is 2.12 bits per heavy atom. The first-order valence-corrected chi connectivity index (χ1v) is 2.59. The molecule has 1 rings (SSSR count). The normalized spacial score (nSPS) is 9.88. The molecule has 0 aliphatic rings. The number of furan rings is 1. The van der Waals surface area contributed by atoms with Crippen LogP contribution >= 0.6 is 0 Å². The minimum atomic E-state index is 0.780. The molecule has 0 saturated carbocycles. The van der Waals surface area contributed by atoms with Gasteiger partial charge in [0.25, 0.3) is 0 Å². The maximum atomic E-state index is 5.10. The molecule has 0 N–H and O–H groups in total. The number of rotatable bonds is 0. The molecule has 0 aliphatic carbocycles. The Morgan fingerprint density at radius 3 is 2.25 bits per heavy atom. The zero-order chi connectivity index (χ0) is 6.15. The van der Waals surface area contributed by atoms with Gasteiger partial charge in [-0.3, -0.25) is 0 Å². The van der Waals surface area contributed by atoms with Crippen molar-refractivity contribution in [3.8, 4) is 0 Å². The van der Waals surface area contributed by atoms with E-state index in [9.17, 15) is 0 Å². The third-order valence-corrected chi connectivity index (χ3v) is 1.14. The zero-order valence-electron chi connectivity index (χ0n) is 5.19. The van der Waals surface area contributed by atoms with Gasteiger partial charge < -0.3 is 4.42 Å². The first kappa shape index (κ1) is 5.42. The maximum absolute atomic E-state index is 5.10. The van der Waals surface area contributed by atoms with E-state index in [1.54, 1.807) is 0 Å². The van der Waals surface area contributed by atoms with Crippen molar-refractivity contribution in [2.45, 2.75) is 13.8 Å². The van der Waals surface area contributed by atoms with Crippen molar-refractivity contribution in [1.82, 2.24) is 0 Å². The molecule has 1 radical (unpaired) electrons. The standard InChI is InChI=1S/C7H9O/c1-5-4-6(2)8-7(5)3/h4H,3H2,1-2H3. The van der Waals surface area contributed by atoms with Crippen molar-refractivity contribution < 1.29 is 4.42 Å². The van der Waals surface area contributed by atoms with Crippen molar-refractivity contribution in [2.24, 2.45) is 0 Å². The van der Waals surface area contributed by atoms with Gasteiger partial charge in [0, 0.05) is 6.92 Å². The molecule has 1 aromatic heterocycles. The molecule has 0 aliphatic heterocycles. The van der Waals surface area contributed by atoms with Crippen LogP contribution in [0, 0.1) is 20.8 Å². The molecule has 1 aromatic rings. The second-order valence-electron chi connectivity index (χ2n) is 1.96. The van der Waals surface area contributed by atoms with Crippen LogP contribution in [0.4, 0.5) is 0 Å². The van der Waals surface area contributed by atoms with Gasteiger partial charge in [-0.25, -0.2) is 0 Å². The third kappa shape index (κ3) is 0.760. The molecule has 0 spiro atoms. The molecule has 0 saturated heterocycles. The Bertz CT molecular complexity index is 167. The summed E-state index contributed by atoms with van der Waals surface area (Å²) in [5.74, 6) is 1.72. The van der Waals surface area contributed by atoms with E-state index in [4.69, 9.17) is 4.42 Å². The van der Waals surface area contributed by atoms with Crippen LogP contribution in [0.5, 0.6) is 0 Å². The van der Waals surface area contributed by atoms with Crippen LogP contribution in [0.1, 0.15) is 17.1 Å². The zero-order valence-corrected chi connectivity index (χ0v) is 5.19. The van der Waals surface area contributed by atoms with Gasteiger partial charge in [-0.05, 0) is 25.5 Å². The first-order chi connectivity index (χ1) is 3.70. The van der Waals surface area contributed by atoms with Gasteiger partial charge in [0.05, 0.1) is 0 Å². The Labute approximate surface area is 49.3 Å². The molecule has 0 amide bonds. The summed E-state index contributed by atoms with van der Waals surface area (Å²) >= 11 is 0. The second-order valence-corrected chi connectivity index (χ2v) is 1.96. The highest BCUT2D eigenvalue weighted by Crippen LogP contribution is 2.10. The predicted octanol–water partition coefficient (Wildman–Crippen LogP) is 2.08. The summed E-state index contributed by atoms with van der Waals surface area (Å²) in [4.78, 5) is 0. The van der Waals surface area contributed by atoms with E-state index < -0.39 is 0 Å². The molecule has 1 heterocycles. The minimum Gasteiger partial charge on any atom is -0.466 e. The molecule has 8 heavy (non-hydrogen) atoms. The van der Waals surface area contributed by atoms with Crippen LogP contribution in [0.15, 0.2) is 10.5 Å². The predicted molar refractivity (Wildman–Crippen MR) is 32.6 cm³/mol. The lowest BCUT2D eigenvalue weighted by molar-refractivity contribution is 0.516. The average Bonchev–Trinajstić information content (AvgIpc) is 1.85. The topological polar surface area (TPSA) is 13.1 Å². The second kappa shape index (κ2) is 1.66. The fourth-order valence-corrected chi connectivity index (χ4v) is 0.690. The fraction of sp³-hybridized carbons (Fsp3) is 0.286. The van der Waals surface area contributed by atoms with Gasteiger partial charge in [-0.15, -0.1) is 0 Å². The summed E-state index contributed by atoms with van der Waals surface area (Å²) in [7, 11) is 0. The quantitative estimate of drug-likeness (QED) is 0.497. The van der Waals surface area contributed by atoms with Gasteiger partial charge in [-0.1, -0.05) is 0 Å². The highest BCUT2D eigenvalue weighted by atomic mass is 16.3. The Balaban J connectivity index is 3.14. The monoisotopic (exact) mass is 109 g/mol. The molecular formula is C7H9O. The lowest BCUT2D eigenvalue weighted by atomic mass is 10.3. The van der Waals surface area contributed by atoms with Crippen LogP contribution in [0.2, 0.25) is 0 Å². The van der Waals surface area contributed by atoms with E-state index >= 15 is 0 Å². The Kier molecular flexibility index (Phi) is 1.12. The van der Waals surface area contributed by atoms with Crippen molar-refractivity contribution in [1.29, 1.82) is 0 Å². The summed E-state index contributed by atoms with van der Waals surface area (Å²) in [6.07, 6.45) is 0. The van der Waals surface area contributed by atoms with E-state index in [1.807, 2.05) is 19.9 Å². The summed E-state index contributed by atoms with van der Waals surface area (Å²) in [6, 6.07) is 1.97. The van der Waals surface area contributed by atoms with E-state index in [0.717, 1.165) is 17.1 Å². The van der Waals surface area contributed by atoms with Crippen LogP contribution in [-0.2, 0) is 0 Å². The lowest BCUT2D eigenvalue weighted by Crippen LogP contribution is -1.63. The van der Waals surface area contributed by atoms with Gasteiger partial charge in [0.1, 0.15) is 11.5 Å². The summed E-state index contributed by atoms with van der Waals surface area (Å²) < 4.78 is 5.10. The van der Waals surface area contributed by atoms with E-state index in [-0.39, 0.29) is 0 Å². The molecule has 0 fully saturated rings. The molecule has 1 heteroatoms. The molecule has 0 aromatic carbocycles. The number of hydrogen-bond acceptors (Lipinski definition) is 1. The largest absolute Gasteiger partial charge is 0.466 e. The summed E-state index contributed by atoms with van der Waals surface area (Å²) in [6.45, 7) is 7.58. The van der Waals surface area contributed by atoms with Crippen LogP contribution in [0.3, 0.4) is 0 Å². The van der Waals surface area contributed by atoms with Gasteiger partial charge in [0.15, 0.2) is 0 Å². The molecule has 0 unspecified atom stereocenters. The van der Waals surface area contributed by atoms with E-state index in [2.05, 4.69) is 6.92 Å². The van der Waals surface area contributed by atoms with Crippen molar-refractivity contribution in [3.05, 3.63) is 30.1 Å². The van der Waals surface area contributed by atoms with Crippen LogP contribution in [-0.4, -0.2) is 0 Å². The molecular weight excluding hydrogens is 100 g/mol. The fourth-order valence-electron chi connectivity index (χ4n) is 0.690.